The van der Waals surface area contributed by atoms with Crippen molar-refractivity contribution < 1.29 is 4.79 Å². The van der Waals surface area contributed by atoms with Crippen LogP contribution in [0.5, 0.6) is 0 Å². The zero-order chi connectivity index (χ0) is 16.1. The summed E-state index contributed by atoms with van der Waals surface area (Å²) < 4.78 is 2.09. The largest absolute Gasteiger partial charge is 0.340 e. The molecule has 1 aromatic heterocycles. The SMILES string of the molecule is Cc1ccc(CC(=O)N2CCN(CCn3ccnc3)CC2)cc1. The summed E-state index contributed by atoms with van der Waals surface area (Å²) >= 11 is 0. The Morgan fingerprint density at radius 1 is 1.09 bits per heavy atom. The van der Waals surface area contributed by atoms with E-state index in [0.717, 1.165) is 44.8 Å². The molecule has 5 nitrogen and oxygen atoms in total. The van der Waals surface area contributed by atoms with Gasteiger partial charge in [-0.1, -0.05) is 29.8 Å². The molecule has 1 saturated heterocycles. The van der Waals surface area contributed by atoms with E-state index >= 15 is 0 Å². The van der Waals surface area contributed by atoms with Crippen LogP contribution < -0.4 is 0 Å². The van der Waals surface area contributed by atoms with Crippen LogP contribution in [0.4, 0.5) is 0 Å². The number of hydrogen-bond donors (Lipinski definition) is 0. The van der Waals surface area contributed by atoms with E-state index < -0.39 is 0 Å². The van der Waals surface area contributed by atoms with Gasteiger partial charge < -0.3 is 9.47 Å². The standard InChI is InChI=1S/C18H24N4O/c1-16-2-4-17(5-3-16)14-18(23)22-12-10-20(11-13-22)8-9-21-7-6-19-15-21/h2-7,15H,8-14H2,1H3. The molecule has 23 heavy (non-hydrogen) atoms. The first-order valence-corrected chi connectivity index (χ1v) is 8.22. The molecule has 1 fully saturated rings. The molecule has 2 aromatic rings. The van der Waals surface area contributed by atoms with E-state index in [0.29, 0.717) is 6.42 Å². The number of amides is 1. The van der Waals surface area contributed by atoms with Gasteiger partial charge in [-0.25, -0.2) is 4.98 Å². The van der Waals surface area contributed by atoms with Crippen LogP contribution in [0.3, 0.4) is 0 Å². The number of carbonyl (C=O) groups is 1. The predicted molar refractivity (Wildman–Crippen MR) is 90.1 cm³/mol. The van der Waals surface area contributed by atoms with Gasteiger partial charge >= 0.3 is 0 Å². The van der Waals surface area contributed by atoms with Crippen molar-refractivity contribution in [3.05, 3.63) is 54.1 Å². The van der Waals surface area contributed by atoms with Crippen LogP contribution in [0.1, 0.15) is 11.1 Å². The Labute approximate surface area is 137 Å². The Morgan fingerprint density at radius 2 is 1.83 bits per heavy atom. The summed E-state index contributed by atoms with van der Waals surface area (Å²) in [6.45, 7) is 7.59. The number of benzene rings is 1. The van der Waals surface area contributed by atoms with Crippen LogP contribution in [-0.2, 0) is 17.8 Å². The smallest absolute Gasteiger partial charge is 0.227 e. The van der Waals surface area contributed by atoms with Gasteiger partial charge in [-0.3, -0.25) is 9.69 Å². The molecule has 1 aromatic carbocycles. The third kappa shape index (κ3) is 4.42. The van der Waals surface area contributed by atoms with Crippen molar-refractivity contribution in [2.24, 2.45) is 0 Å². The highest BCUT2D eigenvalue weighted by atomic mass is 16.2. The Balaban J connectivity index is 1.42. The number of rotatable bonds is 5. The lowest BCUT2D eigenvalue weighted by Gasteiger charge is -2.34. The van der Waals surface area contributed by atoms with Gasteiger partial charge in [-0.15, -0.1) is 0 Å². The first kappa shape index (κ1) is 15.7. The number of imidazole rings is 1. The molecule has 0 spiro atoms. The van der Waals surface area contributed by atoms with Crippen molar-refractivity contribution in [2.75, 3.05) is 32.7 Å². The fourth-order valence-corrected chi connectivity index (χ4v) is 2.89. The predicted octanol–water partition coefficient (Wildman–Crippen LogP) is 1.58. The van der Waals surface area contributed by atoms with E-state index in [1.54, 1.807) is 0 Å². The van der Waals surface area contributed by atoms with Gasteiger partial charge in [0.05, 0.1) is 12.7 Å². The molecule has 0 bridgehead atoms. The molecule has 0 N–H and O–H groups in total. The van der Waals surface area contributed by atoms with E-state index in [1.165, 1.54) is 5.56 Å². The molecule has 122 valence electrons. The normalized spacial score (nSPS) is 15.8. The summed E-state index contributed by atoms with van der Waals surface area (Å²) in [5, 5.41) is 0. The van der Waals surface area contributed by atoms with Crippen LogP contribution in [-0.4, -0.2) is 58.0 Å². The minimum absolute atomic E-state index is 0.239. The fourth-order valence-electron chi connectivity index (χ4n) is 2.89. The Kier molecular flexibility index (Phi) is 5.08. The Morgan fingerprint density at radius 3 is 2.48 bits per heavy atom. The Bertz CT molecular complexity index is 613. The van der Waals surface area contributed by atoms with Crippen molar-refractivity contribution in [1.29, 1.82) is 0 Å². The summed E-state index contributed by atoms with van der Waals surface area (Å²) in [6.07, 6.45) is 6.15. The summed E-state index contributed by atoms with van der Waals surface area (Å²) in [5.41, 5.74) is 2.33. The number of carbonyl (C=O) groups excluding carboxylic acids is 1. The van der Waals surface area contributed by atoms with Crippen LogP contribution >= 0.6 is 0 Å². The molecule has 1 amide bonds. The van der Waals surface area contributed by atoms with Crippen molar-refractivity contribution in [2.45, 2.75) is 19.9 Å². The zero-order valence-electron chi connectivity index (χ0n) is 13.7. The van der Waals surface area contributed by atoms with E-state index in [4.69, 9.17) is 0 Å². The lowest BCUT2D eigenvalue weighted by Crippen LogP contribution is -2.49. The van der Waals surface area contributed by atoms with Crippen molar-refractivity contribution in [3.8, 4) is 0 Å². The average molecular weight is 312 g/mol. The van der Waals surface area contributed by atoms with Gasteiger partial charge in [0.2, 0.25) is 5.91 Å². The van der Waals surface area contributed by atoms with Crippen LogP contribution in [0.25, 0.3) is 0 Å². The molecule has 0 aliphatic carbocycles. The highest BCUT2D eigenvalue weighted by molar-refractivity contribution is 5.78. The van der Waals surface area contributed by atoms with E-state index in [2.05, 4.69) is 45.6 Å². The van der Waals surface area contributed by atoms with Crippen molar-refractivity contribution in [3.63, 3.8) is 0 Å². The lowest BCUT2D eigenvalue weighted by atomic mass is 10.1. The van der Waals surface area contributed by atoms with E-state index in [-0.39, 0.29) is 5.91 Å². The highest BCUT2D eigenvalue weighted by Crippen LogP contribution is 2.08. The maximum absolute atomic E-state index is 12.4. The molecular weight excluding hydrogens is 288 g/mol. The monoisotopic (exact) mass is 312 g/mol. The molecule has 1 aliphatic heterocycles. The van der Waals surface area contributed by atoms with Gasteiger partial charge in [-0.05, 0) is 12.5 Å². The first-order valence-electron chi connectivity index (χ1n) is 8.22. The molecule has 3 rings (SSSR count). The minimum Gasteiger partial charge on any atom is -0.340 e. The fraction of sp³-hybridized carbons (Fsp3) is 0.444. The molecule has 2 heterocycles. The van der Waals surface area contributed by atoms with E-state index in [1.807, 2.05) is 23.6 Å². The summed E-state index contributed by atoms with van der Waals surface area (Å²) in [4.78, 5) is 20.9. The van der Waals surface area contributed by atoms with Gasteiger partial charge in [0.15, 0.2) is 0 Å². The molecule has 1 aliphatic rings. The topological polar surface area (TPSA) is 41.4 Å². The van der Waals surface area contributed by atoms with Gasteiger partial charge in [0.1, 0.15) is 0 Å². The molecule has 0 atom stereocenters. The molecule has 0 unspecified atom stereocenters. The summed E-state index contributed by atoms with van der Waals surface area (Å²) in [7, 11) is 0. The summed E-state index contributed by atoms with van der Waals surface area (Å²) in [5.74, 6) is 0.239. The van der Waals surface area contributed by atoms with Crippen LogP contribution in [0.15, 0.2) is 43.0 Å². The lowest BCUT2D eigenvalue weighted by molar-refractivity contribution is -0.132. The quantitative estimate of drug-likeness (QED) is 0.842. The third-order valence-electron chi connectivity index (χ3n) is 4.43. The summed E-state index contributed by atoms with van der Waals surface area (Å²) in [6, 6.07) is 8.23. The molecule has 0 saturated carbocycles. The first-order chi connectivity index (χ1) is 11.2. The third-order valence-corrected chi connectivity index (χ3v) is 4.43. The Hall–Kier alpha value is -2.14. The number of aryl methyl sites for hydroxylation is 1. The van der Waals surface area contributed by atoms with Gasteiger partial charge in [0.25, 0.3) is 0 Å². The van der Waals surface area contributed by atoms with E-state index in [9.17, 15) is 4.79 Å². The number of piperazine rings is 1. The number of nitrogens with zero attached hydrogens (tertiary/aromatic N) is 4. The van der Waals surface area contributed by atoms with Gasteiger partial charge in [-0.2, -0.15) is 0 Å². The van der Waals surface area contributed by atoms with Crippen LogP contribution in [0.2, 0.25) is 0 Å². The maximum Gasteiger partial charge on any atom is 0.227 e. The van der Waals surface area contributed by atoms with Crippen molar-refractivity contribution in [1.82, 2.24) is 19.4 Å². The second kappa shape index (κ2) is 7.42. The molecule has 5 heteroatoms. The second-order valence-corrected chi connectivity index (χ2v) is 6.19. The zero-order valence-corrected chi connectivity index (χ0v) is 13.7. The highest BCUT2D eigenvalue weighted by Gasteiger charge is 2.20. The van der Waals surface area contributed by atoms with Crippen LogP contribution in [0, 0.1) is 6.92 Å². The molecular formula is C18H24N4O. The molecule has 0 radical (unpaired) electrons. The second-order valence-electron chi connectivity index (χ2n) is 6.19. The van der Waals surface area contributed by atoms with Crippen molar-refractivity contribution >= 4 is 5.91 Å². The maximum atomic E-state index is 12.4. The average Bonchev–Trinajstić information content (AvgIpc) is 3.09. The minimum atomic E-state index is 0.239. The number of aromatic nitrogens is 2. The van der Waals surface area contributed by atoms with Gasteiger partial charge in [0, 0.05) is 51.7 Å². The number of hydrogen-bond acceptors (Lipinski definition) is 3.